The molecule has 110 valence electrons. The molecule has 1 aromatic carbocycles. The van der Waals surface area contributed by atoms with E-state index in [0.717, 1.165) is 17.8 Å². The Morgan fingerprint density at radius 1 is 1.00 bits per heavy atom. The third-order valence-corrected chi connectivity index (χ3v) is 3.19. The Bertz CT molecular complexity index is 745. The van der Waals surface area contributed by atoms with E-state index in [1.807, 2.05) is 54.3 Å². The molecule has 0 radical (unpaired) electrons. The molecule has 2 aromatic heterocycles. The molecule has 2 N–H and O–H groups in total. The minimum Gasteiger partial charge on any atom is -0.368 e. The summed E-state index contributed by atoms with van der Waals surface area (Å²) in [6.45, 7) is 2.76. The first kappa shape index (κ1) is 13.9. The van der Waals surface area contributed by atoms with E-state index in [2.05, 4.69) is 19.9 Å². The molecule has 0 fully saturated rings. The third-order valence-electron chi connectivity index (χ3n) is 3.19. The van der Waals surface area contributed by atoms with Crippen LogP contribution in [0, 0.1) is 0 Å². The molecule has 6 nitrogen and oxygen atoms in total. The van der Waals surface area contributed by atoms with Crippen molar-refractivity contribution in [3.05, 3.63) is 54.9 Å². The molecular weight excluding hydrogens is 276 g/mol. The van der Waals surface area contributed by atoms with Crippen molar-refractivity contribution in [3.63, 3.8) is 0 Å². The van der Waals surface area contributed by atoms with E-state index in [4.69, 9.17) is 5.73 Å². The SMILES string of the molecule is CCN(c1ccccc1)c1nc(N)nc(-c2cccnc2)n1. The minimum absolute atomic E-state index is 0.193. The number of rotatable bonds is 4. The van der Waals surface area contributed by atoms with E-state index >= 15 is 0 Å². The second-order valence-corrected chi connectivity index (χ2v) is 4.64. The van der Waals surface area contributed by atoms with Gasteiger partial charge in [0.2, 0.25) is 11.9 Å². The number of hydrogen-bond acceptors (Lipinski definition) is 6. The zero-order valence-corrected chi connectivity index (χ0v) is 12.2. The fraction of sp³-hybridized carbons (Fsp3) is 0.125. The first-order valence-electron chi connectivity index (χ1n) is 7.02. The fourth-order valence-corrected chi connectivity index (χ4v) is 2.17. The monoisotopic (exact) mass is 292 g/mol. The maximum absolute atomic E-state index is 5.86. The van der Waals surface area contributed by atoms with Gasteiger partial charge >= 0.3 is 0 Å². The van der Waals surface area contributed by atoms with E-state index in [0.29, 0.717) is 11.8 Å². The van der Waals surface area contributed by atoms with Crippen molar-refractivity contribution in [2.24, 2.45) is 0 Å². The zero-order chi connectivity index (χ0) is 15.4. The molecule has 22 heavy (non-hydrogen) atoms. The number of aromatic nitrogens is 4. The number of anilines is 3. The molecule has 0 aliphatic rings. The van der Waals surface area contributed by atoms with E-state index in [1.54, 1.807) is 12.4 Å². The maximum atomic E-state index is 5.86. The molecule has 0 saturated heterocycles. The normalized spacial score (nSPS) is 10.4. The van der Waals surface area contributed by atoms with E-state index in [-0.39, 0.29) is 5.95 Å². The fourth-order valence-electron chi connectivity index (χ4n) is 2.17. The van der Waals surface area contributed by atoms with Gasteiger partial charge in [0.1, 0.15) is 0 Å². The lowest BCUT2D eigenvalue weighted by Gasteiger charge is -2.21. The standard InChI is InChI=1S/C16H16N6/c1-2-22(13-8-4-3-5-9-13)16-20-14(19-15(17)21-16)12-7-6-10-18-11-12/h3-11H,2H2,1H3,(H2,17,19,20,21). The molecule has 2 heterocycles. The van der Waals surface area contributed by atoms with Crippen LogP contribution in [0.25, 0.3) is 11.4 Å². The first-order valence-corrected chi connectivity index (χ1v) is 7.02. The molecule has 0 saturated carbocycles. The van der Waals surface area contributed by atoms with Gasteiger partial charge < -0.3 is 10.6 Å². The number of pyridine rings is 1. The molecule has 0 spiro atoms. The largest absolute Gasteiger partial charge is 0.368 e. The molecule has 0 bridgehead atoms. The summed E-state index contributed by atoms with van der Waals surface area (Å²) >= 11 is 0. The van der Waals surface area contributed by atoms with Crippen LogP contribution in [-0.4, -0.2) is 26.5 Å². The summed E-state index contributed by atoms with van der Waals surface area (Å²) in [5, 5.41) is 0. The Morgan fingerprint density at radius 2 is 1.82 bits per heavy atom. The Morgan fingerprint density at radius 3 is 2.50 bits per heavy atom. The summed E-state index contributed by atoms with van der Waals surface area (Å²) in [6.07, 6.45) is 3.41. The average Bonchev–Trinajstić information content (AvgIpc) is 2.57. The van der Waals surface area contributed by atoms with Crippen molar-refractivity contribution < 1.29 is 0 Å². The van der Waals surface area contributed by atoms with Gasteiger partial charge in [-0.3, -0.25) is 4.98 Å². The van der Waals surface area contributed by atoms with Gasteiger partial charge in [-0.05, 0) is 31.2 Å². The zero-order valence-electron chi connectivity index (χ0n) is 12.2. The number of para-hydroxylation sites is 1. The van der Waals surface area contributed by atoms with Crippen LogP contribution < -0.4 is 10.6 Å². The Kier molecular flexibility index (Phi) is 3.91. The molecular formula is C16H16N6. The minimum atomic E-state index is 0.193. The van der Waals surface area contributed by atoms with E-state index in [9.17, 15) is 0 Å². The Balaban J connectivity index is 2.05. The van der Waals surface area contributed by atoms with Crippen LogP contribution in [0.4, 0.5) is 17.6 Å². The van der Waals surface area contributed by atoms with Gasteiger partial charge in [0, 0.05) is 30.2 Å². The van der Waals surface area contributed by atoms with Crippen LogP contribution >= 0.6 is 0 Å². The summed E-state index contributed by atoms with van der Waals surface area (Å²) < 4.78 is 0. The molecule has 0 amide bonds. The lowest BCUT2D eigenvalue weighted by molar-refractivity contribution is 0.930. The highest BCUT2D eigenvalue weighted by molar-refractivity contribution is 5.61. The number of nitrogens with two attached hydrogens (primary N) is 1. The second-order valence-electron chi connectivity index (χ2n) is 4.64. The van der Waals surface area contributed by atoms with Crippen molar-refractivity contribution >= 4 is 17.6 Å². The average molecular weight is 292 g/mol. The van der Waals surface area contributed by atoms with Crippen LogP contribution in [-0.2, 0) is 0 Å². The van der Waals surface area contributed by atoms with Crippen LogP contribution in [0.1, 0.15) is 6.92 Å². The summed E-state index contributed by atoms with van der Waals surface area (Å²) in [5.74, 6) is 1.24. The third kappa shape index (κ3) is 2.85. The van der Waals surface area contributed by atoms with Gasteiger partial charge in [-0.15, -0.1) is 0 Å². The quantitative estimate of drug-likeness (QED) is 0.796. The lowest BCUT2D eigenvalue weighted by atomic mass is 10.2. The number of benzene rings is 1. The summed E-state index contributed by atoms with van der Waals surface area (Å²) in [7, 11) is 0. The van der Waals surface area contributed by atoms with Crippen molar-refractivity contribution in [1.82, 2.24) is 19.9 Å². The molecule has 0 unspecified atom stereocenters. The van der Waals surface area contributed by atoms with Gasteiger partial charge in [-0.25, -0.2) is 0 Å². The van der Waals surface area contributed by atoms with Crippen LogP contribution in [0.3, 0.4) is 0 Å². The molecule has 0 aliphatic heterocycles. The van der Waals surface area contributed by atoms with Gasteiger partial charge in [0.05, 0.1) is 0 Å². The predicted octanol–water partition coefficient (Wildman–Crippen LogP) is 2.67. The van der Waals surface area contributed by atoms with Gasteiger partial charge in [0.25, 0.3) is 0 Å². The van der Waals surface area contributed by atoms with Crippen molar-refractivity contribution in [2.75, 3.05) is 17.2 Å². The van der Waals surface area contributed by atoms with E-state index < -0.39 is 0 Å². The molecule has 3 aromatic rings. The topological polar surface area (TPSA) is 80.8 Å². The van der Waals surface area contributed by atoms with Crippen molar-refractivity contribution in [1.29, 1.82) is 0 Å². The second kappa shape index (κ2) is 6.17. The molecule has 0 aliphatic carbocycles. The van der Waals surface area contributed by atoms with Gasteiger partial charge in [-0.2, -0.15) is 15.0 Å². The van der Waals surface area contributed by atoms with Gasteiger partial charge in [0.15, 0.2) is 5.82 Å². The first-order chi connectivity index (χ1) is 10.8. The van der Waals surface area contributed by atoms with Crippen LogP contribution in [0.5, 0.6) is 0 Å². The summed E-state index contributed by atoms with van der Waals surface area (Å²) in [5.41, 5.74) is 7.67. The van der Waals surface area contributed by atoms with Gasteiger partial charge in [-0.1, -0.05) is 18.2 Å². The highest BCUT2D eigenvalue weighted by atomic mass is 15.3. The highest BCUT2D eigenvalue weighted by Crippen LogP contribution is 2.24. The highest BCUT2D eigenvalue weighted by Gasteiger charge is 2.13. The van der Waals surface area contributed by atoms with Crippen LogP contribution in [0.2, 0.25) is 0 Å². The molecule has 3 rings (SSSR count). The predicted molar refractivity (Wildman–Crippen MR) is 86.6 cm³/mol. The summed E-state index contributed by atoms with van der Waals surface area (Å²) in [6, 6.07) is 13.7. The lowest BCUT2D eigenvalue weighted by Crippen LogP contribution is -2.20. The Labute approximate surface area is 128 Å². The maximum Gasteiger partial charge on any atom is 0.235 e. The van der Waals surface area contributed by atoms with E-state index in [1.165, 1.54) is 0 Å². The van der Waals surface area contributed by atoms with Crippen molar-refractivity contribution in [2.45, 2.75) is 6.92 Å². The Hall–Kier alpha value is -3.02. The smallest absolute Gasteiger partial charge is 0.235 e. The number of nitrogen functional groups attached to an aromatic ring is 1. The molecule has 0 atom stereocenters. The van der Waals surface area contributed by atoms with Crippen molar-refractivity contribution in [3.8, 4) is 11.4 Å². The molecule has 6 heteroatoms. The number of hydrogen-bond donors (Lipinski definition) is 1. The number of nitrogens with zero attached hydrogens (tertiary/aromatic N) is 5. The summed E-state index contributed by atoms with van der Waals surface area (Å²) in [4.78, 5) is 19.1. The van der Waals surface area contributed by atoms with Crippen LogP contribution in [0.15, 0.2) is 54.9 Å².